The normalized spacial score (nSPS) is 9.75. The van der Waals surface area contributed by atoms with Gasteiger partial charge in [0.05, 0.1) is 0 Å². The molecule has 0 saturated heterocycles. The molecular weight excluding hydrogens is 224 g/mol. The molecule has 1 rings (SSSR count). The third-order valence-corrected chi connectivity index (χ3v) is 2.17. The number of rotatable bonds is 4. The summed E-state index contributed by atoms with van der Waals surface area (Å²) in [6.07, 6.45) is 0. The molecule has 3 nitrogen and oxygen atoms in total. The number of nitrogens with one attached hydrogen (secondary N) is 2. The van der Waals surface area contributed by atoms with E-state index in [4.69, 9.17) is 0 Å². The summed E-state index contributed by atoms with van der Waals surface area (Å²) < 4.78 is 0. The summed E-state index contributed by atoms with van der Waals surface area (Å²) >= 11 is 0. The molecule has 0 fully saturated rings. The summed E-state index contributed by atoms with van der Waals surface area (Å²) in [5, 5.41) is 5.99. The minimum Gasteiger partial charge on any atom is -0.326 e. The zero-order chi connectivity index (χ0) is 11.3. The second-order valence-electron chi connectivity index (χ2n) is 3.83. The number of hydrogen-bond donors (Lipinski definition) is 2. The summed E-state index contributed by atoms with van der Waals surface area (Å²) in [5.41, 5.74) is 2.00. The number of benzene rings is 1. The SMILES string of the molecule is CNCc1ccccc1NC(=O)C(C)C.Cl. The van der Waals surface area contributed by atoms with E-state index in [1.807, 2.05) is 45.2 Å². The first-order valence-electron chi connectivity index (χ1n) is 5.18. The molecule has 0 unspecified atom stereocenters. The fourth-order valence-corrected chi connectivity index (χ4v) is 1.26. The van der Waals surface area contributed by atoms with E-state index in [1.54, 1.807) is 0 Å². The molecule has 0 bridgehead atoms. The number of anilines is 1. The topological polar surface area (TPSA) is 41.1 Å². The van der Waals surface area contributed by atoms with Gasteiger partial charge in [0.25, 0.3) is 0 Å². The smallest absolute Gasteiger partial charge is 0.226 e. The average Bonchev–Trinajstić information content (AvgIpc) is 2.21. The summed E-state index contributed by atoms with van der Waals surface area (Å²) in [5.74, 6) is 0.0613. The molecular formula is C12H19ClN2O. The van der Waals surface area contributed by atoms with Gasteiger partial charge < -0.3 is 10.6 Å². The van der Waals surface area contributed by atoms with Crippen LogP contribution in [0.25, 0.3) is 0 Å². The Kier molecular flexibility index (Phi) is 6.77. The van der Waals surface area contributed by atoms with Crippen LogP contribution in [0, 0.1) is 5.92 Å². The summed E-state index contributed by atoms with van der Waals surface area (Å²) in [7, 11) is 1.89. The molecule has 1 aromatic rings. The first-order valence-corrected chi connectivity index (χ1v) is 5.18. The number of carbonyl (C=O) groups is 1. The molecule has 0 saturated carbocycles. The minimum atomic E-state index is 0. The molecule has 0 aromatic heterocycles. The van der Waals surface area contributed by atoms with Crippen LogP contribution in [-0.2, 0) is 11.3 Å². The van der Waals surface area contributed by atoms with Crippen molar-refractivity contribution in [3.63, 3.8) is 0 Å². The largest absolute Gasteiger partial charge is 0.326 e. The molecule has 90 valence electrons. The van der Waals surface area contributed by atoms with E-state index in [2.05, 4.69) is 10.6 Å². The monoisotopic (exact) mass is 242 g/mol. The Morgan fingerprint density at radius 2 is 1.94 bits per heavy atom. The maximum absolute atomic E-state index is 11.5. The Morgan fingerprint density at radius 3 is 2.50 bits per heavy atom. The zero-order valence-electron chi connectivity index (χ0n) is 9.91. The highest BCUT2D eigenvalue weighted by Gasteiger charge is 2.08. The van der Waals surface area contributed by atoms with Gasteiger partial charge in [-0.15, -0.1) is 12.4 Å². The summed E-state index contributed by atoms with van der Waals surface area (Å²) in [6, 6.07) is 7.83. The highest BCUT2D eigenvalue weighted by molar-refractivity contribution is 5.92. The predicted molar refractivity (Wildman–Crippen MR) is 69.9 cm³/mol. The molecule has 1 aromatic carbocycles. The maximum atomic E-state index is 11.5. The molecule has 0 aliphatic rings. The number of hydrogen-bond acceptors (Lipinski definition) is 2. The second kappa shape index (κ2) is 7.25. The van der Waals surface area contributed by atoms with Gasteiger partial charge >= 0.3 is 0 Å². The van der Waals surface area contributed by atoms with Gasteiger partial charge in [-0.2, -0.15) is 0 Å². The van der Waals surface area contributed by atoms with E-state index in [9.17, 15) is 4.79 Å². The third kappa shape index (κ3) is 4.21. The lowest BCUT2D eigenvalue weighted by molar-refractivity contribution is -0.118. The first-order chi connectivity index (χ1) is 7.15. The fraction of sp³-hybridized carbons (Fsp3) is 0.417. The number of carbonyl (C=O) groups excluding carboxylic acids is 1. The highest BCUT2D eigenvalue weighted by Crippen LogP contribution is 2.15. The Morgan fingerprint density at radius 1 is 1.31 bits per heavy atom. The van der Waals surface area contributed by atoms with Gasteiger partial charge in [0.15, 0.2) is 0 Å². The van der Waals surface area contributed by atoms with Crippen molar-refractivity contribution in [2.45, 2.75) is 20.4 Å². The van der Waals surface area contributed by atoms with Crippen molar-refractivity contribution in [3.05, 3.63) is 29.8 Å². The van der Waals surface area contributed by atoms with E-state index >= 15 is 0 Å². The Labute approximate surface area is 103 Å². The van der Waals surface area contributed by atoms with E-state index in [-0.39, 0.29) is 24.2 Å². The number of para-hydroxylation sites is 1. The molecule has 0 aliphatic carbocycles. The lowest BCUT2D eigenvalue weighted by Gasteiger charge is -2.12. The standard InChI is InChI=1S/C12H18N2O.ClH/c1-9(2)12(15)14-11-7-5-4-6-10(11)8-13-3;/h4-7,9,13H,8H2,1-3H3,(H,14,15);1H. The Bertz CT molecular complexity index is 340. The zero-order valence-corrected chi connectivity index (χ0v) is 10.7. The van der Waals surface area contributed by atoms with Crippen LogP contribution in [0.15, 0.2) is 24.3 Å². The molecule has 1 amide bonds. The van der Waals surface area contributed by atoms with E-state index in [1.165, 1.54) is 0 Å². The van der Waals surface area contributed by atoms with Gasteiger partial charge in [-0.1, -0.05) is 32.0 Å². The quantitative estimate of drug-likeness (QED) is 0.852. The fourth-order valence-electron chi connectivity index (χ4n) is 1.26. The van der Waals surface area contributed by atoms with Gasteiger partial charge in [0, 0.05) is 18.2 Å². The first kappa shape index (κ1) is 14.9. The third-order valence-electron chi connectivity index (χ3n) is 2.17. The van der Waals surface area contributed by atoms with Crippen LogP contribution in [0.1, 0.15) is 19.4 Å². The van der Waals surface area contributed by atoms with Crippen LogP contribution in [0.5, 0.6) is 0 Å². The van der Waals surface area contributed by atoms with Crippen LogP contribution in [0.2, 0.25) is 0 Å². The van der Waals surface area contributed by atoms with Gasteiger partial charge in [0.1, 0.15) is 0 Å². The van der Waals surface area contributed by atoms with E-state index in [0.29, 0.717) is 0 Å². The molecule has 0 heterocycles. The summed E-state index contributed by atoms with van der Waals surface area (Å²) in [4.78, 5) is 11.5. The Balaban J connectivity index is 0.00000225. The van der Waals surface area contributed by atoms with Gasteiger partial charge in [-0.3, -0.25) is 4.79 Å². The molecule has 0 aliphatic heterocycles. The molecule has 4 heteroatoms. The highest BCUT2D eigenvalue weighted by atomic mass is 35.5. The van der Waals surface area contributed by atoms with Crippen LogP contribution >= 0.6 is 12.4 Å². The van der Waals surface area contributed by atoms with Gasteiger partial charge in [0.2, 0.25) is 5.91 Å². The van der Waals surface area contributed by atoms with Crippen molar-refractivity contribution in [1.82, 2.24) is 5.32 Å². The predicted octanol–water partition coefficient (Wildman–Crippen LogP) is 2.42. The van der Waals surface area contributed by atoms with Crippen LogP contribution in [0.3, 0.4) is 0 Å². The van der Waals surface area contributed by atoms with Crippen LogP contribution in [0.4, 0.5) is 5.69 Å². The average molecular weight is 243 g/mol. The van der Waals surface area contributed by atoms with Gasteiger partial charge in [-0.05, 0) is 18.7 Å². The lowest BCUT2D eigenvalue weighted by Crippen LogP contribution is -2.19. The van der Waals surface area contributed by atoms with Crippen molar-refractivity contribution >= 4 is 24.0 Å². The number of halogens is 1. The minimum absolute atomic E-state index is 0. The molecule has 0 spiro atoms. The molecule has 0 radical (unpaired) electrons. The van der Waals surface area contributed by atoms with E-state index < -0.39 is 0 Å². The van der Waals surface area contributed by atoms with Gasteiger partial charge in [-0.25, -0.2) is 0 Å². The van der Waals surface area contributed by atoms with Crippen molar-refractivity contribution < 1.29 is 4.79 Å². The second-order valence-corrected chi connectivity index (χ2v) is 3.83. The molecule has 2 N–H and O–H groups in total. The number of amides is 1. The van der Waals surface area contributed by atoms with Crippen molar-refractivity contribution in [1.29, 1.82) is 0 Å². The van der Waals surface area contributed by atoms with Crippen LogP contribution < -0.4 is 10.6 Å². The molecule has 0 atom stereocenters. The lowest BCUT2D eigenvalue weighted by atomic mass is 10.1. The van der Waals surface area contributed by atoms with Crippen molar-refractivity contribution in [2.24, 2.45) is 5.92 Å². The maximum Gasteiger partial charge on any atom is 0.226 e. The van der Waals surface area contributed by atoms with Crippen molar-refractivity contribution in [3.8, 4) is 0 Å². The van der Waals surface area contributed by atoms with E-state index in [0.717, 1.165) is 17.8 Å². The summed E-state index contributed by atoms with van der Waals surface area (Å²) in [6.45, 7) is 4.53. The van der Waals surface area contributed by atoms with Crippen molar-refractivity contribution in [2.75, 3.05) is 12.4 Å². The Hall–Kier alpha value is -1.06. The molecule has 16 heavy (non-hydrogen) atoms. The van der Waals surface area contributed by atoms with Crippen LogP contribution in [-0.4, -0.2) is 13.0 Å².